The van der Waals surface area contributed by atoms with Gasteiger partial charge in [-0.2, -0.15) is 0 Å². The summed E-state index contributed by atoms with van der Waals surface area (Å²) in [4.78, 5) is 18.3. The first-order valence-electron chi connectivity index (χ1n) is 5.06. The Bertz CT molecular complexity index is 377. The van der Waals surface area contributed by atoms with Gasteiger partial charge in [-0.1, -0.05) is 0 Å². The van der Waals surface area contributed by atoms with Gasteiger partial charge < -0.3 is 14.6 Å². The van der Waals surface area contributed by atoms with E-state index in [0.29, 0.717) is 6.61 Å². The lowest BCUT2D eigenvalue weighted by molar-refractivity contribution is 0.0610. The SMILES string of the molecule is O=C(O)c1nccnc1OCC1CCCO1. The molecular weight excluding hydrogens is 212 g/mol. The molecule has 6 nitrogen and oxygen atoms in total. The molecule has 0 aromatic carbocycles. The van der Waals surface area contributed by atoms with Gasteiger partial charge in [-0.15, -0.1) is 0 Å². The predicted molar refractivity (Wildman–Crippen MR) is 53.5 cm³/mol. The number of hydrogen-bond acceptors (Lipinski definition) is 5. The zero-order valence-electron chi connectivity index (χ0n) is 8.63. The molecule has 1 aromatic rings. The van der Waals surface area contributed by atoms with Crippen molar-refractivity contribution in [2.75, 3.05) is 13.2 Å². The maximum atomic E-state index is 10.8. The maximum Gasteiger partial charge on any atom is 0.360 e. The number of carboxylic acids is 1. The van der Waals surface area contributed by atoms with Crippen LogP contribution < -0.4 is 4.74 Å². The number of ether oxygens (including phenoxy) is 2. The van der Waals surface area contributed by atoms with Gasteiger partial charge in [0.1, 0.15) is 6.61 Å². The first-order chi connectivity index (χ1) is 7.77. The molecule has 0 bridgehead atoms. The monoisotopic (exact) mass is 224 g/mol. The van der Waals surface area contributed by atoms with E-state index < -0.39 is 5.97 Å². The van der Waals surface area contributed by atoms with Crippen LogP contribution in [-0.2, 0) is 4.74 Å². The Hall–Kier alpha value is -1.69. The number of carbonyl (C=O) groups is 1. The van der Waals surface area contributed by atoms with E-state index in [4.69, 9.17) is 14.6 Å². The van der Waals surface area contributed by atoms with Crippen LogP contribution >= 0.6 is 0 Å². The largest absolute Gasteiger partial charge is 0.476 e. The molecule has 1 aliphatic heterocycles. The van der Waals surface area contributed by atoms with Crippen LogP contribution in [-0.4, -0.2) is 40.4 Å². The summed E-state index contributed by atoms with van der Waals surface area (Å²) in [7, 11) is 0. The molecule has 1 aliphatic rings. The van der Waals surface area contributed by atoms with Crippen molar-refractivity contribution in [1.29, 1.82) is 0 Å². The Morgan fingerprint density at radius 3 is 3.06 bits per heavy atom. The minimum atomic E-state index is -1.14. The van der Waals surface area contributed by atoms with E-state index in [0.717, 1.165) is 19.4 Å². The number of rotatable bonds is 4. The standard InChI is InChI=1S/C10H12N2O4/c13-10(14)8-9(12-4-3-11-8)16-6-7-2-1-5-15-7/h3-4,7H,1-2,5-6H2,(H,13,14). The number of aromatic carboxylic acids is 1. The quantitative estimate of drug-likeness (QED) is 0.812. The van der Waals surface area contributed by atoms with Gasteiger partial charge in [0.05, 0.1) is 6.10 Å². The van der Waals surface area contributed by atoms with Crippen molar-refractivity contribution < 1.29 is 19.4 Å². The molecule has 1 N–H and O–H groups in total. The van der Waals surface area contributed by atoms with Gasteiger partial charge in [0, 0.05) is 19.0 Å². The molecule has 2 heterocycles. The molecule has 16 heavy (non-hydrogen) atoms. The van der Waals surface area contributed by atoms with Crippen molar-refractivity contribution in [3.8, 4) is 5.88 Å². The van der Waals surface area contributed by atoms with E-state index in [-0.39, 0.29) is 17.7 Å². The van der Waals surface area contributed by atoms with Crippen LogP contribution in [0.15, 0.2) is 12.4 Å². The van der Waals surface area contributed by atoms with Gasteiger partial charge in [0.15, 0.2) is 0 Å². The van der Waals surface area contributed by atoms with E-state index in [9.17, 15) is 4.79 Å². The summed E-state index contributed by atoms with van der Waals surface area (Å²) in [5, 5.41) is 8.84. The van der Waals surface area contributed by atoms with Gasteiger partial charge in [0.25, 0.3) is 0 Å². The highest BCUT2D eigenvalue weighted by Gasteiger charge is 2.19. The molecule has 1 saturated heterocycles. The Balaban J connectivity index is 2.00. The summed E-state index contributed by atoms with van der Waals surface area (Å²) in [6.07, 6.45) is 4.70. The lowest BCUT2D eigenvalue weighted by atomic mass is 10.2. The Morgan fingerprint density at radius 2 is 2.38 bits per heavy atom. The second kappa shape index (κ2) is 4.89. The van der Waals surface area contributed by atoms with Gasteiger partial charge in [-0.05, 0) is 12.8 Å². The van der Waals surface area contributed by atoms with E-state index in [1.165, 1.54) is 12.4 Å². The third-order valence-electron chi connectivity index (χ3n) is 2.30. The van der Waals surface area contributed by atoms with E-state index in [1.54, 1.807) is 0 Å². The lowest BCUT2D eigenvalue weighted by Crippen LogP contribution is -2.18. The van der Waals surface area contributed by atoms with Crippen LogP contribution in [0, 0.1) is 0 Å². The second-order valence-electron chi connectivity index (χ2n) is 3.46. The van der Waals surface area contributed by atoms with Gasteiger partial charge in [-0.3, -0.25) is 0 Å². The predicted octanol–water partition coefficient (Wildman–Crippen LogP) is 0.733. The van der Waals surface area contributed by atoms with Gasteiger partial charge in [0.2, 0.25) is 11.6 Å². The first-order valence-corrected chi connectivity index (χ1v) is 5.06. The highest BCUT2D eigenvalue weighted by Crippen LogP contribution is 2.16. The molecule has 1 fully saturated rings. The summed E-state index contributed by atoms with van der Waals surface area (Å²) >= 11 is 0. The number of aromatic nitrogens is 2. The third-order valence-corrected chi connectivity index (χ3v) is 2.30. The fourth-order valence-electron chi connectivity index (χ4n) is 1.53. The van der Waals surface area contributed by atoms with Crippen molar-refractivity contribution in [1.82, 2.24) is 9.97 Å². The van der Waals surface area contributed by atoms with Crippen molar-refractivity contribution in [3.63, 3.8) is 0 Å². The van der Waals surface area contributed by atoms with E-state index in [2.05, 4.69) is 9.97 Å². The minimum absolute atomic E-state index is 0.0312. The molecule has 1 atom stereocenters. The fraction of sp³-hybridized carbons (Fsp3) is 0.500. The Labute approximate surface area is 92.2 Å². The molecule has 1 unspecified atom stereocenters. The molecular formula is C10H12N2O4. The molecule has 0 radical (unpaired) electrons. The molecule has 86 valence electrons. The van der Waals surface area contributed by atoms with E-state index in [1.807, 2.05) is 0 Å². The molecule has 0 spiro atoms. The number of carboxylic acid groups (broad SMARTS) is 1. The molecule has 6 heteroatoms. The van der Waals surface area contributed by atoms with Crippen LogP contribution in [0.5, 0.6) is 5.88 Å². The highest BCUT2D eigenvalue weighted by molar-refractivity contribution is 5.87. The first kappa shape index (κ1) is 10.8. The Morgan fingerprint density at radius 1 is 1.56 bits per heavy atom. The average Bonchev–Trinajstić information content (AvgIpc) is 2.79. The second-order valence-corrected chi connectivity index (χ2v) is 3.46. The Kier molecular flexibility index (Phi) is 3.31. The van der Waals surface area contributed by atoms with E-state index >= 15 is 0 Å². The summed E-state index contributed by atoms with van der Waals surface area (Å²) in [6, 6.07) is 0. The van der Waals surface area contributed by atoms with Crippen molar-refractivity contribution in [2.45, 2.75) is 18.9 Å². The van der Waals surface area contributed by atoms with Crippen LogP contribution in [0.2, 0.25) is 0 Å². The van der Waals surface area contributed by atoms with Crippen LogP contribution in [0.1, 0.15) is 23.3 Å². The highest BCUT2D eigenvalue weighted by atomic mass is 16.5. The van der Waals surface area contributed by atoms with Crippen LogP contribution in [0.3, 0.4) is 0 Å². The smallest absolute Gasteiger partial charge is 0.360 e. The zero-order valence-corrected chi connectivity index (χ0v) is 8.63. The normalized spacial score (nSPS) is 19.6. The van der Waals surface area contributed by atoms with Crippen molar-refractivity contribution in [3.05, 3.63) is 18.1 Å². The summed E-state index contributed by atoms with van der Waals surface area (Å²) in [6.45, 7) is 1.05. The molecule has 1 aromatic heterocycles. The van der Waals surface area contributed by atoms with Crippen molar-refractivity contribution >= 4 is 5.97 Å². The van der Waals surface area contributed by atoms with Crippen LogP contribution in [0.25, 0.3) is 0 Å². The lowest BCUT2D eigenvalue weighted by Gasteiger charge is -2.11. The topological polar surface area (TPSA) is 81.5 Å². The number of nitrogens with zero attached hydrogens (tertiary/aromatic N) is 2. The van der Waals surface area contributed by atoms with Gasteiger partial charge >= 0.3 is 5.97 Å². The maximum absolute atomic E-state index is 10.8. The third kappa shape index (κ3) is 2.46. The molecule has 2 rings (SSSR count). The fourth-order valence-corrected chi connectivity index (χ4v) is 1.53. The summed E-state index contributed by atoms with van der Waals surface area (Å²) in [5.41, 5.74) is -0.166. The average molecular weight is 224 g/mol. The van der Waals surface area contributed by atoms with Crippen LogP contribution in [0.4, 0.5) is 0 Å². The summed E-state index contributed by atoms with van der Waals surface area (Å²) < 4.78 is 10.7. The zero-order chi connectivity index (χ0) is 11.4. The van der Waals surface area contributed by atoms with Gasteiger partial charge in [-0.25, -0.2) is 14.8 Å². The van der Waals surface area contributed by atoms with Crippen molar-refractivity contribution in [2.24, 2.45) is 0 Å². The minimum Gasteiger partial charge on any atom is -0.476 e. The molecule has 0 amide bonds. The summed E-state index contributed by atoms with van der Waals surface area (Å²) in [5.74, 6) is -1.10. The molecule has 0 aliphatic carbocycles. The molecule has 0 saturated carbocycles. The number of hydrogen-bond donors (Lipinski definition) is 1.